The summed E-state index contributed by atoms with van der Waals surface area (Å²) >= 11 is 0. The number of hydrogen-bond acceptors (Lipinski definition) is 5. The summed E-state index contributed by atoms with van der Waals surface area (Å²) < 4.78 is 32.1. The minimum Gasteiger partial charge on any atom is -0.360 e. The van der Waals surface area contributed by atoms with Crippen molar-refractivity contribution in [1.29, 1.82) is 0 Å². The lowest BCUT2D eigenvalue weighted by Crippen LogP contribution is -2.39. The van der Waals surface area contributed by atoms with E-state index in [2.05, 4.69) is 21.8 Å². The van der Waals surface area contributed by atoms with Crippen LogP contribution in [0.4, 0.5) is 0 Å². The molecule has 1 aromatic heterocycles. The lowest BCUT2D eigenvalue weighted by atomic mass is 9.94. The molecule has 0 spiro atoms. The van der Waals surface area contributed by atoms with Crippen LogP contribution in [0.3, 0.4) is 0 Å². The van der Waals surface area contributed by atoms with Crippen LogP contribution in [0.2, 0.25) is 0 Å². The Labute approximate surface area is 126 Å². The predicted octanol–water partition coefficient (Wildman–Crippen LogP) is 1.83. The molecule has 1 aliphatic carbocycles. The highest BCUT2D eigenvalue weighted by Crippen LogP contribution is 2.21. The van der Waals surface area contributed by atoms with E-state index in [4.69, 9.17) is 4.52 Å². The predicted molar refractivity (Wildman–Crippen MR) is 80.7 cm³/mol. The van der Waals surface area contributed by atoms with Gasteiger partial charge in [0.2, 0.25) is 10.0 Å². The number of rotatable bonds is 6. The number of hydrogen-bond donors (Lipinski definition) is 1. The quantitative estimate of drug-likeness (QED) is 0.867. The largest absolute Gasteiger partial charge is 0.360 e. The Morgan fingerprint density at radius 1 is 1.29 bits per heavy atom. The Morgan fingerprint density at radius 2 is 1.95 bits per heavy atom. The van der Waals surface area contributed by atoms with E-state index in [1.807, 2.05) is 0 Å². The van der Waals surface area contributed by atoms with Crippen molar-refractivity contribution in [2.75, 3.05) is 20.1 Å². The molecule has 6 nitrogen and oxygen atoms in total. The molecule has 0 unspecified atom stereocenters. The number of sulfonamides is 1. The maximum Gasteiger partial charge on any atom is 0.246 e. The second kappa shape index (κ2) is 6.89. The fraction of sp³-hybridized carbons (Fsp3) is 0.786. The van der Waals surface area contributed by atoms with Crippen molar-refractivity contribution in [1.82, 2.24) is 14.8 Å². The van der Waals surface area contributed by atoms with Gasteiger partial charge in [0.1, 0.15) is 10.6 Å². The van der Waals surface area contributed by atoms with Gasteiger partial charge >= 0.3 is 0 Å². The molecule has 0 aromatic carbocycles. The summed E-state index contributed by atoms with van der Waals surface area (Å²) in [7, 11) is -1.47. The van der Waals surface area contributed by atoms with Gasteiger partial charge in [0.25, 0.3) is 0 Å². The molecule has 0 radical (unpaired) electrons. The second-order valence-electron chi connectivity index (χ2n) is 5.82. The van der Waals surface area contributed by atoms with Crippen molar-refractivity contribution in [3.05, 3.63) is 11.5 Å². The number of aromatic nitrogens is 1. The molecule has 0 aliphatic heterocycles. The summed E-state index contributed by atoms with van der Waals surface area (Å²) in [4.78, 5) is 2.43. The topological polar surface area (TPSA) is 75.4 Å². The van der Waals surface area contributed by atoms with Crippen LogP contribution < -0.4 is 4.72 Å². The van der Waals surface area contributed by atoms with Crippen LogP contribution in [0.15, 0.2) is 9.42 Å². The maximum atomic E-state index is 12.3. The lowest BCUT2D eigenvalue weighted by Gasteiger charge is -2.31. The highest BCUT2D eigenvalue weighted by molar-refractivity contribution is 7.89. The minimum absolute atomic E-state index is 0.169. The summed E-state index contributed by atoms with van der Waals surface area (Å²) in [5.41, 5.74) is 0.403. The van der Waals surface area contributed by atoms with Crippen molar-refractivity contribution < 1.29 is 12.9 Å². The Morgan fingerprint density at radius 3 is 2.52 bits per heavy atom. The highest BCUT2D eigenvalue weighted by Gasteiger charge is 2.24. The Hall–Kier alpha value is -0.920. The smallest absolute Gasteiger partial charge is 0.246 e. The molecule has 2 rings (SSSR count). The van der Waals surface area contributed by atoms with Crippen molar-refractivity contribution in [3.63, 3.8) is 0 Å². The van der Waals surface area contributed by atoms with Crippen molar-refractivity contribution in [2.45, 2.75) is 56.9 Å². The van der Waals surface area contributed by atoms with E-state index in [1.165, 1.54) is 32.1 Å². The first kappa shape index (κ1) is 16.5. The third kappa shape index (κ3) is 4.05. The average molecular weight is 315 g/mol. The fourth-order valence-corrected chi connectivity index (χ4v) is 4.34. The van der Waals surface area contributed by atoms with Crippen molar-refractivity contribution in [2.24, 2.45) is 0 Å². The second-order valence-corrected chi connectivity index (χ2v) is 7.53. The van der Waals surface area contributed by atoms with E-state index >= 15 is 0 Å². The molecule has 0 saturated heterocycles. The summed E-state index contributed by atoms with van der Waals surface area (Å²) in [6.07, 6.45) is 6.31. The third-order valence-corrected chi connectivity index (χ3v) is 5.90. The molecule has 1 aliphatic rings. The highest BCUT2D eigenvalue weighted by atomic mass is 32.2. The van der Waals surface area contributed by atoms with Crippen LogP contribution in [-0.4, -0.2) is 44.7 Å². The summed E-state index contributed by atoms with van der Waals surface area (Å²) in [6, 6.07) is 0.585. The number of aryl methyl sites for hydroxylation is 2. The zero-order valence-corrected chi connectivity index (χ0v) is 13.9. The van der Waals surface area contributed by atoms with Gasteiger partial charge in [-0.15, -0.1) is 0 Å². The van der Waals surface area contributed by atoms with Crippen molar-refractivity contribution >= 4 is 10.0 Å². The minimum atomic E-state index is -3.54. The molecule has 1 saturated carbocycles. The zero-order valence-electron chi connectivity index (χ0n) is 13.1. The number of nitrogens with zero attached hydrogens (tertiary/aromatic N) is 2. The van der Waals surface area contributed by atoms with Crippen LogP contribution >= 0.6 is 0 Å². The molecule has 1 aromatic rings. The summed E-state index contributed by atoms with van der Waals surface area (Å²) in [6.45, 7) is 4.37. The molecule has 0 bridgehead atoms. The van der Waals surface area contributed by atoms with E-state index in [-0.39, 0.29) is 4.90 Å². The summed E-state index contributed by atoms with van der Waals surface area (Å²) in [5.74, 6) is 0.334. The first-order chi connectivity index (χ1) is 9.92. The van der Waals surface area contributed by atoms with E-state index in [9.17, 15) is 8.42 Å². The summed E-state index contributed by atoms with van der Waals surface area (Å²) in [5, 5.41) is 3.69. The fourth-order valence-electron chi connectivity index (χ4n) is 2.99. The first-order valence-corrected chi connectivity index (χ1v) is 9.03. The monoisotopic (exact) mass is 315 g/mol. The molecular weight excluding hydrogens is 290 g/mol. The lowest BCUT2D eigenvalue weighted by molar-refractivity contribution is 0.195. The van der Waals surface area contributed by atoms with Gasteiger partial charge in [0, 0.05) is 19.1 Å². The number of nitrogens with one attached hydrogen (secondary N) is 1. The van der Waals surface area contributed by atoms with Crippen LogP contribution in [0.5, 0.6) is 0 Å². The molecule has 1 N–H and O–H groups in total. The Balaban J connectivity index is 1.87. The Kier molecular flexibility index (Phi) is 5.40. The Bertz CT molecular complexity index is 543. The van der Waals surface area contributed by atoms with Gasteiger partial charge < -0.3 is 9.42 Å². The number of likely N-dealkylation sites (N-methyl/N-ethyl adjacent to an activating group) is 1. The van der Waals surface area contributed by atoms with Crippen molar-refractivity contribution in [3.8, 4) is 0 Å². The normalized spacial score (nSPS) is 17.5. The van der Waals surface area contributed by atoms with E-state index < -0.39 is 10.0 Å². The van der Waals surface area contributed by atoms with E-state index in [1.54, 1.807) is 13.8 Å². The van der Waals surface area contributed by atoms with Gasteiger partial charge in [-0.2, -0.15) is 0 Å². The molecule has 0 atom stereocenters. The molecule has 120 valence electrons. The third-order valence-electron chi connectivity index (χ3n) is 4.19. The van der Waals surface area contributed by atoms with Gasteiger partial charge in [-0.25, -0.2) is 13.1 Å². The molecule has 1 fully saturated rings. The van der Waals surface area contributed by atoms with Crippen LogP contribution in [0, 0.1) is 13.8 Å². The molecule has 21 heavy (non-hydrogen) atoms. The molecular formula is C14H25N3O3S. The van der Waals surface area contributed by atoms with Gasteiger partial charge in [0.15, 0.2) is 5.76 Å². The average Bonchev–Trinajstić information content (AvgIpc) is 2.79. The van der Waals surface area contributed by atoms with Gasteiger partial charge in [-0.1, -0.05) is 24.4 Å². The van der Waals surface area contributed by atoms with E-state index in [0.29, 0.717) is 30.6 Å². The standard InChI is InChI=1S/C14H25N3O3S/c1-11-14(12(2)20-16-11)21(18,19)15-9-10-17(3)13-7-5-4-6-8-13/h13,15H,4-10H2,1-3H3. The van der Waals surface area contributed by atoms with Crippen LogP contribution in [-0.2, 0) is 10.0 Å². The molecule has 0 amide bonds. The van der Waals surface area contributed by atoms with Crippen LogP contribution in [0.25, 0.3) is 0 Å². The van der Waals surface area contributed by atoms with Crippen LogP contribution in [0.1, 0.15) is 43.6 Å². The van der Waals surface area contributed by atoms with Gasteiger partial charge in [0.05, 0.1) is 0 Å². The SMILES string of the molecule is Cc1noc(C)c1S(=O)(=O)NCCN(C)C1CCCCC1. The molecule has 1 heterocycles. The maximum absolute atomic E-state index is 12.3. The first-order valence-electron chi connectivity index (χ1n) is 7.54. The zero-order chi connectivity index (χ0) is 15.5. The molecule has 7 heteroatoms. The van der Waals surface area contributed by atoms with E-state index in [0.717, 1.165) is 0 Å². The van der Waals surface area contributed by atoms with Gasteiger partial charge in [-0.05, 0) is 33.7 Å². The van der Waals surface area contributed by atoms with Gasteiger partial charge in [-0.3, -0.25) is 0 Å².